The molecule has 122 valence electrons. The van der Waals surface area contributed by atoms with Crippen LogP contribution in [-0.2, 0) is 0 Å². The Balaban J connectivity index is 1.63. The zero-order chi connectivity index (χ0) is 17.2. The second kappa shape index (κ2) is 6.68. The molecule has 4 aromatic rings. The highest BCUT2D eigenvalue weighted by molar-refractivity contribution is 14.1. The average Bonchev–Trinajstić information content (AvgIpc) is 3.06. The van der Waals surface area contributed by atoms with E-state index >= 15 is 0 Å². The molecule has 0 spiro atoms. The maximum absolute atomic E-state index is 12.5. The van der Waals surface area contributed by atoms with Crippen LogP contribution in [0.25, 0.3) is 22.6 Å². The Hall–Kier alpha value is -2.67. The smallest absolute Gasteiger partial charge is 0.256 e. The third-order valence-corrected chi connectivity index (χ3v) is 4.72. The van der Waals surface area contributed by atoms with E-state index in [9.17, 15) is 4.79 Å². The minimum absolute atomic E-state index is 0.139. The number of para-hydroxylation sites is 2. The van der Waals surface area contributed by atoms with Gasteiger partial charge in [0.2, 0.25) is 5.89 Å². The molecule has 0 radical (unpaired) electrons. The quantitative estimate of drug-likeness (QED) is 0.437. The Morgan fingerprint density at radius 1 is 0.960 bits per heavy atom. The third-order valence-electron chi connectivity index (χ3n) is 3.78. The molecule has 1 aromatic heterocycles. The summed E-state index contributed by atoms with van der Waals surface area (Å²) < 4.78 is 6.70. The molecule has 0 saturated carbocycles. The number of hydrogen-bond acceptors (Lipinski definition) is 3. The van der Waals surface area contributed by atoms with E-state index in [2.05, 4.69) is 32.9 Å². The van der Waals surface area contributed by atoms with E-state index in [1.165, 1.54) is 0 Å². The standard InChI is InChI=1S/C20H13IN2O2/c21-16-9-2-1-8-15(16)19(24)22-14-7-5-6-13(12-14)20-23-17-10-3-4-11-18(17)25-20/h1-12H,(H,22,24). The van der Waals surface area contributed by atoms with Crippen molar-refractivity contribution >= 4 is 45.3 Å². The van der Waals surface area contributed by atoms with Crippen LogP contribution in [0.2, 0.25) is 0 Å². The van der Waals surface area contributed by atoms with Gasteiger partial charge in [-0.15, -0.1) is 0 Å². The van der Waals surface area contributed by atoms with Crippen molar-refractivity contribution in [1.82, 2.24) is 4.98 Å². The van der Waals surface area contributed by atoms with E-state index in [0.717, 1.165) is 20.2 Å². The Labute approximate surface area is 158 Å². The van der Waals surface area contributed by atoms with Gasteiger partial charge in [0, 0.05) is 14.8 Å². The zero-order valence-electron chi connectivity index (χ0n) is 13.1. The summed E-state index contributed by atoms with van der Waals surface area (Å²) in [5, 5.41) is 2.93. The number of carbonyl (C=O) groups excluding carboxylic acids is 1. The van der Waals surface area contributed by atoms with E-state index in [1.807, 2.05) is 72.8 Å². The van der Waals surface area contributed by atoms with Gasteiger partial charge in [-0.05, 0) is 65.1 Å². The van der Waals surface area contributed by atoms with Gasteiger partial charge in [0.1, 0.15) is 5.52 Å². The first-order chi connectivity index (χ1) is 12.2. The maximum Gasteiger partial charge on any atom is 0.256 e. The molecule has 5 heteroatoms. The maximum atomic E-state index is 12.5. The summed E-state index contributed by atoms with van der Waals surface area (Å²) in [4.78, 5) is 17.0. The Kier molecular flexibility index (Phi) is 4.23. The number of benzene rings is 3. The molecule has 25 heavy (non-hydrogen) atoms. The second-order valence-electron chi connectivity index (χ2n) is 5.50. The normalized spacial score (nSPS) is 10.8. The minimum Gasteiger partial charge on any atom is -0.436 e. The van der Waals surface area contributed by atoms with Gasteiger partial charge in [0.15, 0.2) is 5.58 Å². The van der Waals surface area contributed by atoms with Crippen LogP contribution in [0.4, 0.5) is 5.69 Å². The number of nitrogens with zero attached hydrogens (tertiary/aromatic N) is 1. The SMILES string of the molecule is O=C(Nc1cccc(-c2nc3ccccc3o2)c1)c1ccccc1I. The van der Waals surface area contributed by atoms with Crippen LogP contribution in [-0.4, -0.2) is 10.9 Å². The average molecular weight is 440 g/mol. The number of fused-ring (bicyclic) bond motifs is 1. The van der Waals surface area contributed by atoms with E-state index < -0.39 is 0 Å². The van der Waals surface area contributed by atoms with Gasteiger partial charge in [0.05, 0.1) is 5.56 Å². The Morgan fingerprint density at radius 3 is 2.60 bits per heavy atom. The summed E-state index contributed by atoms with van der Waals surface area (Å²) in [5.41, 5.74) is 3.72. The van der Waals surface area contributed by atoms with Gasteiger partial charge in [0.25, 0.3) is 5.91 Å². The van der Waals surface area contributed by atoms with E-state index in [1.54, 1.807) is 0 Å². The monoisotopic (exact) mass is 440 g/mol. The molecule has 0 aliphatic carbocycles. The fourth-order valence-electron chi connectivity index (χ4n) is 2.57. The van der Waals surface area contributed by atoms with Gasteiger partial charge >= 0.3 is 0 Å². The molecule has 4 nitrogen and oxygen atoms in total. The van der Waals surface area contributed by atoms with E-state index in [4.69, 9.17) is 4.42 Å². The number of anilines is 1. The van der Waals surface area contributed by atoms with E-state index in [0.29, 0.717) is 17.1 Å². The largest absolute Gasteiger partial charge is 0.436 e. The molecule has 1 amide bonds. The third kappa shape index (κ3) is 3.28. The molecule has 1 N–H and O–H groups in total. The lowest BCUT2D eigenvalue weighted by Crippen LogP contribution is -2.13. The number of hydrogen-bond donors (Lipinski definition) is 1. The van der Waals surface area contributed by atoms with Crippen LogP contribution in [0.1, 0.15) is 10.4 Å². The highest BCUT2D eigenvalue weighted by atomic mass is 127. The van der Waals surface area contributed by atoms with Crippen molar-refractivity contribution < 1.29 is 9.21 Å². The molecular formula is C20H13IN2O2. The van der Waals surface area contributed by atoms with Crippen LogP contribution in [0.5, 0.6) is 0 Å². The van der Waals surface area contributed by atoms with Crippen molar-refractivity contribution in [2.45, 2.75) is 0 Å². The van der Waals surface area contributed by atoms with Gasteiger partial charge in [-0.2, -0.15) is 0 Å². The number of halogens is 1. The molecule has 1 heterocycles. The topological polar surface area (TPSA) is 55.1 Å². The predicted molar refractivity (Wildman–Crippen MR) is 107 cm³/mol. The van der Waals surface area contributed by atoms with Gasteiger partial charge in [-0.25, -0.2) is 4.98 Å². The van der Waals surface area contributed by atoms with Gasteiger partial charge in [-0.3, -0.25) is 4.79 Å². The van der Waals surface area contributed by atoms with Crippen LogP contribution in [0.3, 0.4) is 0 Å². The van der Waals surface area contributed by atoms with Gasteiger partial charge in [-0.1, -0.05) is 30.3 Å². The van der Waals surface area contributed by atoms with Crippen molar-refractivity contribution in [1.29, 1.82) is 0 Å². The van der Waals surface area contributed by atoms with Crippen LogP contribution < -0.4 is 5.32 Å². The molecular weight excluding hydrogens is 427 g/mol. The molecule has 4 rings (SSSR count). The predicted octanol–water partition coefficient (Wildman–Crippen LogP) is 5.35. The summed E-state index contributed by atoms with van der Waals surface area (Å²) >= 11 is 2.16. The van der Waals surface area contributed by atoms with Crippen molar-refractivity contribution in [3.8, 4) is 11.5 Å². The summed E-state index contributed by atoms with van der Waals surface area (Å²) in [5.74, 6) is 0.395. The van der Waals surface area contributed by atoms with Crippen molar-refractivity contribution in [2.24, 2.45) is 0 Å². The molecule has 0 bridgehead atoms. The fraction of sp³-hybridized carbons (Fsp3) is 0. The summed E-state index contributed by atoms with van der Waals surface area (Å²) in [7, 11) is 0. The fourth-order valence-corrected chi connectivity index (χ4v) is 3.20. The first kappa shape index (κ1) is 15.8. The van der Waals surface area contributed by atoms with Crippen molar-refractivity contribution in [3.05, 3.63) is 81.9 Å². The molecule has 3 aromatic carbocycles. The van der Waals surface area contributed by atoms with E-state index in [-0.39, 0.29) is 5.91 Å². The summed E-state index contributed by atoms with van der Waals surface area (Å²) in [6, 6.07) is 22.6. The highest BCUT2D eigenvalue weighted by Gasteiger charge is 2.12. The summed E-state index contributed by atoms with van der Waals surface area (Å²) in [6.07, 6.45) is 0. The number of nitrogens with one attached hydrogen (secondary N) is 1. The lowest BCUT2D eigenvalue weighted by molar-refractivity contribution is 0.102. The molecule has 0 fully saturated rings. The number of carbonyl (C=O) groups is 1. The lowest BCUT2D eigenvalue weighted by Gasteiger charge is -2.07. The zero-order valence-corrected chi connectivity index (χ0v) is 15.2. The Morgan fingerprint density at radius 2 is 1.76 bits per heavy atom. The molecule has 0 aliphatic heterocycles. The minimum atomic E-state index is -0.139. The first-order valence-corrected chi connectivity index (χ1v) is 8.80. The van der Waals surface area contributed by atoms with Gasteiger partial charge < -0.3 is 9.73 Å². The Bertz CT molecular complexity index is 1040. The van der Waals surface area contributed by atoms with Crippen LogP contribution >= 0.6 is 22.6 Å². The summed E-state index contributed by atoms with van der Waals surface area (Å²) in [6.45, 7) is 0. The number of amides is 1. The van der Waals surface area contributed by atoms with Crippen molar-refractivity contribution in [2.75, 3.05) is 5.32 Å². The molecule has 0 atom stereocenters. The second-order valence-corrected chi connectivity index (χ2v) is 6.66. The van der Waals surface area contributed by atoms with Crippen LogP contribution in [0, 0.1) is 3.57 Å². The number of oxazole rings is 1. The lowest BCUT2D eigenvalue weighted by atomic mass is 10.1. The number of rotatable bonds is 3. The highest BCUT2D eigenvalue weighted by Crippen LogP contribution is 2.26. The first-order valence-electron chi connectivity index (χ1n) is 7.72. The molecule has 0 aliphatic rings. The molecule has 0 saturated heterocycles. The molecule has 0 unspecified atom stereocenters. The van der Waals surface area contributed by atoms with Crippen LogP contribution in [0.15, 0.2) is 77.2 Å². The van der Waals surface area contributed by atoms with Crippen molar-refractivity contribution in [3.63, 3.8) is 0 Å². The number of aromatic nitrogens is 1.